The average Bonchev–Trinajstić information content (AvgIpc) is 1.83. The largest absolute Gasteiger partial charge is 0.299 e. The van der Waals surface area contributed by atoms with Crippen molar-refractivity contribution < 1.29 is 4.79 Å². The first kappa shape index (κ1) is 9.50. The second-order valence-corrected chi connectivity index (χ2v) is 4.74. The lowest BCUT2D eigenvalue weighted by molar-refractivity contribution is -0.126. The minimum atomic E-state index is 0.151. The van der Waals surface area contributed by atoms with Gasteiger partial charge in [-0.05, 0) is 25.2 Å². The van der Waals surface area contributed by atoms with Gasteiger partial charge in [-0.25, -0.2) is 0 Å². The van der Waals surface area contributed by atoms with Crippen LogP contribution >= 0.6 is 0 Å². The summed E-state index contributed by atoms with van der Waals surface area (Å²) in [6.07, 6.45) is 2.88. The molecule has 1 saturated carbocycles. The third-order valence-electron chi connectivity index (χ3n) is 2.75. The van der Waals surface area contributed by atoms with Gasteiger partial charge in [-0.2, -0.15) is 0 Å². The first-order valence-electron chi connectivity index (χ1n) is 4.60. The topological polar surface area (TPSA) is 17.1 Å². The highest BCUT2D eigenvalue weighted by atomic mass is 16.1. The van der Waals surface area contributed by atoms with E-state index in [2.05, 4.69) is 20.4 Å². The lowest BCUT2D eigenvalue weighted by atomic mass is 9.71. The van der Waals surface area contributed by atoms with Crippen LogP contribution in [-0.2, 0) is 4.79 Å². The Bertz CT molecular complexity index is 213. The van der Waals surface area contributed by atoms with Gasteiger partial charge in [0.25, 0.3) is 0 Å². The summed E-state index contributed by atoms with van der Waals surface area (Å²) in [6.45, 7) is 10.1. The Morgan fingerprint density at radius 3 is 2.58 bits per heavy atom. The summed E-state index contributed by atoms with van der Waals surface area (Å²) < 4.78 is 0. The van der Waals surface area contributed by atoms with Crippen LogP contribution < -0.4 is 0 Å². The van der Waals surface area contributed by atoms with E-state index in [1.165, 1.54) is 0 Å². The van der Waals surface area contributed by atoms with E-state index in [1.54, 1.807) is 0 Å². The zero-order valence-electron chi connectivity index (χ0n) is 8.31. The van der Waals surface area contributed by atoms with Crippen LogP contribution in [0.1, 0.15) is 40.0 Å². The molecule has 0 aromatic heterocycles. The molecule has 0 aromatic carbocycles. The molecule has 0 bridgehead atoms. The van der Waals surface area contributed by atoms with E-state index in [4.69, 9.17) is 0 Å². The Kier molecular flexibility index (Phi) is 2.41. The molecule has 0 amide bonds. The molecule has 1 aliphatic rings. The van der Waals surface area contributed by atoms with Gasteiger partial charge < -0.3 is 0 Å². The lowest BCUT2D eigenvalue weighted by Gasteiger charge is -2.33. The molecule has 0 aromatic rings. The number of Topliss-reactive ketones (excluding diaryl/α,β-unsaturated/α-hetero) is 1. The maximum absolute atomic E-state index is 11.6. The molecule has 0 aliphatic heterocycles. The summed E-state index contributed by atoms with van der Waals surface area (Å²) in [5.41, 5.74) is 1.26. The highest BCUT2D eigenvalue weighted by Gasteiger charge is 2.33. The molecular formula is C11H18O. The first-order valence-corrected chi connectivity index (χ1v) is 4.60. The van der Waals surface area contributed by atoms with E-state index in [0.717, 1.165) is 24.8 Å². The van der Waals surface area contributed by atoms with Crippen molar-refractivity contribution >= 4 is 5.78 Å². The van der Waals surface area contributed by atoms with E-state index in [-0.39, 0.29) is 11.3 Å². The van der Waals surface area contributed by atoms with Crippen LogP contribution in [0.2, 0.25) is 0 Å². The van der Waals surface area contributed by atoms with Gasteiger partial charge in [0.1, 0.15) is 5.78 Å². The van der Waals surface area contributed by atoms with Gasteiger partial charge in [-0.1, -0.05) is 26.0 Å². The van der Waals surface area contributed by atoms with Gasteiger partial charge in [0.15, 0.2) is 0 Å². The standard InChI is InChI=1S/C11H18O/c1-8(2)9-5-6-11(3,4)7-10(9)12/h9H,1,5-7H2,2-4H3/t9-/m0/s1. The second-order valence-electron chi connectivity index (χ2n) is 4.74. The van der Waals surface area contributed by atoms with Crippen LogP contribution in [0.15, 0.2) is 12.2 Å². The van der Waals surface area contributed by atoms with Crippen molar-refractivity contribution in [2.75, 3.05) is 0 Å². The molecule has 1 rings (SSSR count). The molecule has 12 heavy (non-hydrogen) atoms. The molecular weight excluding hydrogens is 148 g/mol. The van der Waals surface area contributed by atoms with Crippen molar-refractivity contribution in [1.82, 2.24) is 0 Å². The molecule has 0 radical (unpaired) electrons. The molecule has 0 unspecified atom stereocenters. The average molecular weight is 166 g/mol. The summed E-state index contributed by atoms with van der Waals surface area (Å²) in [4.78, 5) is 11.6. The van der Waals surface area contributed by atoms with Crippen molar-refractivity contribution in [3.05, 3.63) is 12.2 Å². The summed E-state index contributed by atoms with van der Waals surface area (Å²) in [7, 11) is 0. The first-order chi connectivity index (χ1) is 5.42. The third kappa shape index (κ3) is 1.96. The second kappa shape index (κ2) is 3.04. The summed E-state index contributed by atoms with van der Waals surface area (Å²) in [5, 5.41) is 0. The third-order valence-corrected chi connectivity index (χ3v) is 2.75. The van der Waals surface area contributed by atoms with Gasteiger partial charge in [-0.15, -0.1) is 0 Å². The fourth-order valence-electron chi connectivity index (χ4n) is 1.90. The van der Waals surface area contributed by atoms with Crippen LogP contribution in [0.25, 0.3) is 0 Å². The van der Waals surface area contributed by atoms with Crippen LogP contribution in [-0.4, -0.2) is 5.78 Å². The monoisotopic (exact) mass is 166 g/mol. The van der Waals surface area contributed by atoms with E-state index >= 15 is 0 Å². The predicted octanol–water partition coefficient (Wildman–Crippen LogP) is 2.96. The SMILES string of the molecule is C=C(C)[C@@H]1CCC(C)(C)CC1=O. The van der Waals surface area contributed by atoms with Gasteiger partial charge in [-0.3, -0.25) is 4.79 Å². The zero-order chi connectivity index (χ0) is 9.35. The molecule has 1 atom stereocenters. The quantitative estimate of drug-likeness (QED) is 0.547. The smallest absolute Gasteiger partial charge is 0.140 e. The van der Waals surface area contributed by atoms with Crippen LogP contribution in [0.5, 0.6) is 0 Å². The van der Waals surface area contributed by atoms with Gasteiger partial charge in [0, 0.05) is 12.3 Å². The molecule has 1 aliphatic carbocycles. The van der Waals surface area contributed by atoms with Crippen molar-refractivity contribution in [2.45, 2.75) is 40.0 Å². The van der Waals surface area contributed by atoms with Crippen LogP contribution in [0.3, 0.4) is 0 Å². The number of allylic oxidation sites excluding steroid dienone is 1. The highest BCUT2D eigenvalue weighted by molar-refractivity contribution is 5.84. The maximum atomic E-state index is 11.6. The summed E-state index contributed by atoms with van der Waals surface area (Å²) >= 11 is 0. The fraction of sp³-hybridized carbons (Fsp3) is 0.727. The minimum Gasteiger partial charge on any atom is -0.299 e. The van der Waals surface area contributed by atoms with E-state index in [1.807, 2.05) is 6.92 Å². The molecule has 0 spiro atoms. The normalized spacial score (nSPS) is 28.6. The maximum Gasteiger partial charge on any atom is 0.140 e. The van der Waals surface area contributed by atoms with Gasteiger partial charge >= 0.3 is 0 Å². The minimum absolute atomic E-state index is 0.151. The zero-order valence-corrected chi connectivity index (χ0v) is 8.31. The highest BCUT2D eigenvalue weighted by Crippen LogP contribution is 2.37. The Morgan fingerprint density at radius 1 is 1.58 bits per heavy atom. The number of ketones is 1. The summed E-state index contributed by atoms with van der Waals surface area (Å²) in [5.74, 6) is 0.539. The Balaban J connectivity index is 2.66. The molecule has 0 N–H and O–H groups in total. The number of rotatable bonds is 1. The molecule has 1 heteroatoms. The fourth-order valence-corrected chi connectivity index (χ4v) is 1.90. The molecule has 1 fully saturated rings. The van der Waals surface area contributed by atoms with Crippen molar-refractivity contribution in [3.8, 4) is 0 Å². The molecule has 0 saturated heterocycles. The molecule has 0 heterocycles. The number of carbonyl (C=O) groups is 1. The van der Waals surface area contributed by atoms with Crippen LogP contribution in [0, 0.1) is 11.3 Å². The van der Waals surface area contributed by atoms with Crippen molar-refractivity contribution in [1.29, 1.82) is 0 Å². The van der Waals surface area contributed by atoms with Crippen molar-refractivity contribution in [2.24, 2.45) is 11.3 Å². The lowest BCUT2D eigenvalue weighted by Crippen LogP contribution is -2.30. The number of hydrogen-bond acceptors (Lipinski definition) is 1. The van der Waals surface area contributed by atoms with Gasteiger partial charge in [0.05, 0.1) is 0 Å². The van der Waals surface area contributed by atoms with Crippen LogP contribution in [0.4, 0.5) is 0 Å². The Labute approximate surface area is 74.9 Å². The summed E-state index contributed by atoms with van der Waals surface area (Å²) in [6, 6.07) is 0. The van der Waals surface area contributed by atoms with Crippen molar-refractivity contribution in [3.63, 3.8) is 0 Å². The van der Waals surface area contributed by atoms with E-state index in [0.29, 0.717) is 5.78 Å². The molecule has 68 valence electrons. The number of carbonyl (C=O) groups excluding carboxylic acids is 1. The predicted molar refractivity (Wildman–Crippen MR) is 50.9 cm³/mol. The molecule has 1 nitrogen and oxygen atoms in total. The Hall–Kier alpha value is -0.590. The van der Waals surface area contributed by atoms with E-state index in [9.17, 15) is 4.79 Å². The Morgan fingerprint density at radius 2 is 2.17 bits per heavy atom. The van der Waals surface area contributed by atoms with E-state index < -0.39 is 0 Å². The van der Waals surface area contributed by atoms with Gasteiger partial charge in [0.2, 0.25) is 0 Å². The number of hydrogen-bond donors (Lipinski definition) is 0.